The lowest BCUT2D eigenvalue weighted by atomic mass is 10.1. The molecule has 1 unspecified atom stereocenters. The van der Waals surface area contributed by atoms with Gasteiger partial charge in [0.25, 0.3) is 0 Å². The summed E-state index contributed by atoms with van der Waals surface area (Å²) in [6.45, 7) is 8.09. The second-order valence-electron chi connectivity index (χ2n) is 8.83. The number of benzene rings is 2. The summed E-state index contributed by atoms with van der Waals surface area (Å²) in [5.41, 5.74) is 3.00. The van der Waals surface area contributed by atoms with Gasteiger partial charge in [-0.15, -0.1) is 0 Å². The van der Waals surface area contributed by atoms with Gasteiger partial charge in [-0.3, -0.25) is 4.79 Å². The lowest BCUT2D eigenvalue weighted by Crippen LogP contribution is -2.42. The SMILES string of the molecule is CCCNC(=O)N(CCCSc1nc2ccccc2n1CC(=O)OC(C)CC)CCc1ccccc1. The molecule has 1 heterocycles. The quantitative estimate of drug-likeness (QED) is 0.175. The van der Waals surface area contributed by atoms with Gasteiger partial charge in [0.1, 0.15) is 6.54 Å². The molecule has 0 saturated heterocycles. The third-order valence-electron chi connectivity index (χ3n) is 5.94. The summed E-state index contributed by atoms with van der Waals surface area (Å²) in [4.78, 5) is 31.9. The van der Waals surface area contributed by atoms with Crippen LogP contribution in [0.2, 0.25) is 0 Å². The van der Waals surface area contributed by atoms with Crippen molar-refractivity contribution in [3.8, 4) is 0 Å². The van der Waals surface area contributed by atoms with Gasteiger partial charge in [-0.25, -0.2) is 9.78 Å². The van der Waals surface area contributed by atoms with E-state index in [4.69, 9.17) is 9.72 Å². The molecule has 0 aliphatic heterocycles. The molecular formula is C28H38N4O3S. The number of thioether (sulfide) groups is 1. The molecule has 1 atom stereocenters. The van der Waals surface area contributed by atoms with Crippen LogP contribution in [0.3, 0.4) is 0 Å². The summed E-state index contributed by atoms with van der Waals surface area (Å²) in [5, 5.41) is 3.80. The van der Waals surface area contributed by atoms with Crippen LogP contribution in [0.15, 0.2) is 59.8 Å². The van der Waals surface area contributed by atoms with E-state index in [0.717, 1.165) is 47.6 Å². The van der Waals surface area contributed by atoms with Crippen LogP contribution in [-0.4, -0.2) is 57.9 Å². The number of fused-ring (bicyclic) bond motifs is 1. The predicted molar refractivity (Wildman–Crippen MR) is 146 cm³/mol. The number of rotatable bonds is 14. The molecule has 2 aromatic carbocycles. The first kappa shape index (κ1) is 27.6. The van der Waals surface area contributed by atoms with Crippen LogP contribution in [0.5, 0.6) is 0 Å². The smallest absolute Gasteiger partial charge is 0.326 e. The number of urea groups is 1. The maximum atomic E-state index is 12.7. The van der Waals surface area contributed by atoms with Gasteiger partial charge in [-0.05, 0) is 50.3 Å². The minimum atomic E-state index is -0.256. The molecule has 1 aromatic heterocycles. The van der Waals surface area contributed by atoms with E-state index in [-0.39, 0.29) is 24.6 Å². The number of imidazole rings is 1. The van der Waals surface area contributed by atoms with E-state index in [9.17, 15) is 9.59 Å². The topological polar surface area (TPSA) is 76.5 Å². The fraction of sp³-hybridized carbons (Fsp3) is 0.464. The van der Waals surface area contributed by atoms with Crippen LogP contribution in [0.25, 0.3) is 11.0 Å². The van der Waals surface area contributed by atoms with Crippen molar-refractivity contribution >= 4 is 34.8 Å². The van der Waals surface area contributed by atoms with Crippen molar-refractivity contribution in [3.05, 3.63) is 60.2 Å². The zero-order valence-corrected chi connectivity index (χ0v) is 22.4. The molecule has 0 radical (unpaired) electrons. The molecule has 3 rings (SSSR count). The lowest BCUT2D eigenvalue weighted by molar-refractivity contribution is -0.149. The first-order valence-corrected chi connectivity index (χ1v) is 13.8. The molecule has 0 fully saturated rings. The molecule has 1 N–H and O–H groups in total. The van der Waals surface area contributed by atoms with Crippen molar-refractivity contribution in [2.75, 3.05) is 25.4 Å². The van der Waals surface area contributed by atoms with Gasteiger partial charge >= 0.3 is 12.0 Å². The monoisotopic (exact) mass is 510 g/mol. The van der Waals surface area contributed by atoms with Crippen molar-refractivity contribution in [1.82, 2.24) is 19.8 Å². The van der Waals surface area contributed by atoms with Gasteiger partial charge in [-0.2, -0.15) is 0 Å². The molecule has 8 heteroatoms. The standard InChI is InChI=1S/C28H38N4O3S/c1-4-17-29-27(34)31(19-16-23-12-7-6-8-13-23)18-11-20-36-28-30-24-14-9-10-15-25(24)32(28)21-26(33)35-22(3)5-2/h6-10,12-15,22H,4-5,11,16-21H2,1-3H3,(H,29,34). The maximum absolute atomic E-state index is 12.7. The largest absolute Gasteiger partial charge is 0.461 e. The Labute approximate surface area is 218 Å². The fourth-order valence-electron chi connectivity index (χ4n) is 3.78. The second-order valence-corrected chi connectivity index (χ2v) is 9.90. The first-order valence-electron chi connectivity index (χ1n) is 12.9. The Bertz CT molecular complexity index is 1100. The molecule has 0 aliphatic carbocycles. The highest BCUT2D eigenvalue weighted by Crippen LogP contribution is 2.25. The van der Waals surface area contributed by atoms with Gasteiger partial charge < -0.3 is 19.5 Å². The van der Waals surface area contributed by atoms with Gasteiger partial charge in [-0.1, -0.05) is 68.1 Å². The normalized spacial score (nSPS) is 11.9. The summed E-state index contributed by atoms with van der Waals surface area (Å²) in [7, 11) is 0. The number of amides is 2. The molecular weight excluding hydrogens is 472 g/mol. The fourth-order valence-corrected chi connectivity index (χ4v) is 4.71. The minimum absolute atomic E-state index is 0.0159. The Kier molecular flexibility index (Phi) is 11.1. The van der Waals surface area contributed by atoms with Crippen molar-refractivity contribution < 1.29 is 14.3 Å². The van der Waals surface area contributed by atoms with Crippen molar-refractivity contribution in [2.24, 2.45) is 0 Å². The van der Waals surface area contributed by atoms with Gasteiger partial charge in [0.2, 0.25) is 0 Å². The highest BCUT2D eigenvalue weighted by Gasteiger charge is 2.17. The number of carbonyl (C=O) groups is 2. The molecule has 0 spiro atoms. The van der Waals surface area contributed by atoms with E-state index in [1.807, 2.05) is 65.8 Å². The number of ether oxygens (including phenoxy) is 1. The van der Waals surface area contributed by atoms with Crippen LogP contribution in [0.1, 0.15) is 45.6 Å². The first-order chi connectivity index (χ1) is 17.5. The Morgan fingerprint density at radius 2 is 1.83 bits per heavy atom. The molecule has 0 saturated carbocycles. The Morgan fingerprint density at radius 1 is 1.08 bits per heavy atom. The number of nitrogens with zero attached hydrogens (tertiary/aromatic N) is 3. The number of aromatic nitrogens is 2. The zero-order valence-electron chi connectivity index (χ0n) is 21.6. The summed E-state index contributed by atoms with van der Waals surface area (Å²) in [6, 6.07) is 18.1. The van der Waals surface area contributed by atoms with Crippen LogP contribution in [-0.2, 0) is 22.5 Å². The summed E-state index contributed by atoms with van der Waals surface area (Å²) in [5.74, 6) is 0.529. The number of hydrogen-bond acceptors (Lipinski definition) is 5. The van der Waals surface area contributed by atoms with E-state index in [1.165, 1.54) is 5.56 Å². The maximum Gasteiger partial charge on any atom is 0.326 e. The van der Waals surface area contributed by atoms with E-state index in [0.29, 0.717) is 19.6 Å². The van der Waals surface area contributed by atoms with Crippen LogP contribution < -0.4 is 5.32 Å². The van der Waals surface area contributed by atoms with Crippen LogP contribution in [0.4, 0.5) is 4.79 Å². The highest BCUT2D eigenvalue weighted by molar-refractivity contribution is 7.99. The van der Waals surface area contributed by atoms with Crippen LogP contribution >= 0.6 is 11.8 Å². The van der Waals surface area contributed by atoms with Crippen molar-refractivity contribution in [3.63, 3.8) is 0 Å². The Morgan fingerprint density at radius 3 is 2.58 bits per heavy atom. The van der Waals surface area contributed by atoms with Gasteiger partial charge in [0.15, 0.2) is 5.16 Å². The van der Waals surface area contributed by atoms with E-state index in [1.54, 1.807) is 11.8 Å². The molecule has 7 nitrogen and oxygen atoms in total. The second kappa shape index (κ2) is 14.5. The lowest BCUT2D eigenvalue weighted by Gasteiger charge is -2.23. The van der Waals surface area contributed by atoms with Gasteiger partial charge in [0.05, 0.1) is 17.1 Å². The Hall–Kier alpha value is -3.00. The molecule has 36 heavy (non-hydrogen) atoms. The van der Waals surface area contributed by atoms with E-state index in [2.05, 4.69) is 24.4 Å². The zero-order chi connectivity index (χ0) is 25.8. The summed E-state index contributed by atoms with van der Waals surface area (Å²) < 4.78 is 7.44. The van der Waals surface area contributed by atoms with Gasteiger partial charge in [0, 0.05) is 25.4 Å². The minimum Gasteiger partial charge on any atom is -0.461 e. The third kappa shape index (κ3) is 8.29. The van der Waals surface area contributed by atoms with Crippen molar-refractivity contribution in [1.29, 1.82) is 0 Å². The van der Waals surface area contributed by atoms with E-state index >= 15 is 0 Å². The molecule has 2 amide bonds. The number of hydrogen-bond donors (Lipinski definition) is 1. The van der Waals surface area contributed by atoms with E-state index < -0.39 is 0 Å². The van der Waals surface area contributed by atoms with Crippen LogP contribution in [0, 0.1) is 0 Å². The number of esters is 1. The molecule has 194 valence electrons. The molecule has 0 aliphatic rings. The number of para-hydroxylation sites is 2. The third-order valence-corrected chi connectivity index (χ3v) is 7.01. The molecule has 3 aromatic rings. The summed E-state index contributed by atoms with van der Waals surface area (Å²) >= 11 is 1.61. The molecule has 0 bridgehead atoms. The summed E-state index contributed by atoms with van der Waals surface area (Å²) in [6.07, 6.45) is 3.22. The average molecular weight is 511 g/mol. The predicted octanol–water partition coefficient (Wildman–Crippen LogP) is 5.52. The number of nitrogens with one attached hydrogen (secondary N) is 1. The highest BCUT2D eigenvalue weighted by atomic mass is 32.2. The Balaban J connectivity index is 1.61. The number of carbonyl (C=O) groups excluding carboxylic acids is 2. The average Bonchev–Trinajstić information content (AvgIpc) is 3.24. The van der Waals surface area contributed by atoms with Crippen molar-refractivity contribution in [2.45, 2.75) is 64.3 Å².